The normalized spacial score (nSPS) is 19.6. The highest BCUT2D eigenvalue weighted by Crippen LogP contribution is 2.15. The molecule has 4 heterocycles. The molecule has 1 atom stereocenters. The lowest BCUT2D eigenvalue weighted by Crippen LogP contribution is -2.47. The zero-order valence-electron chi connectivity index (χ0n) is 16.7. The fraction of sp³-hybridized carbons (Fsp3) is 0.722. The Morgan fingerprint density at radius 3 is 3.00 bits per heavy atom. The number of ether oxygens (including phenoxy) is 1. The first-order valence-electron chi connectivity index (χ1n) is 10.1. The molecule has 0 amide bonds. The molecule has 0 aromatic carbocycles. The van der Waals surface area contributed by atoms with Gasteiger partial charge in [0.2, 0.25) is 0 Å². The summed E-state index contributed by atoms with van der Waals surface area (Å²) in [5, 5.41) is 20.2. The van der Waals surface area contributed by atoms with E-state index in [-0.39, 0.29) is 6.04 Å². The molecule has 0 fully saturated rings. The maximum Gasteiger partial charge on any atom is 0.191 e. The summed E-state index contributed by atoms with van der Waals surface area (Å²) in [5.41, 5.74) is 0. The molecule has 2 aromatic heterocycles. The van der Waals surface area contributed by atoms with E-state index in [2.05, 4.69) is 40.5 Å². The summed E-state index contributed by atoms with van der Waals surface area (Å²) < 4.78 is 9.36. The number of hydrogen-bond acceptors (Lipinski definition) is 6. The topological polar surface area (TPSA) is 107 Å². The van der Waals surface area contributed by atoms with Crippen molar-refractivity contribution in [1.29, 1.82) is 0 Å². The van der Waals surface area contributed by atoms with E-state index in [9.17, 15) is 0 Å². The van der Waals surface area contributed by atoms with Gasteiger partial charge in [-0.05, 0) is 19.3 Å². The number of aliphatic imine (C=N–C) groups is 1. The van der Waals surface area contributed by atoms with Gasteiger partial charge in [-0.15, -0.1) is 10.2 Å². The smallest absolute Gasteiger partial charge is 0.191 e. The molecule has 2 aliphatic rings. The van der Waals surface area contributed by atoms with Crippen molar-refractivity contribution in [3.8, 4) is 0 Å². The third kappa shape index (κ3) is 4.16. The zero-order valence-corrected chi connectivity index (χ0v) is 16.7. The van der Waals surface area contributed by atoms with Crippen LogP contribution in [0.2, 0.25) is 0 Å². The number of hydrogen-bond donors (Lipinski definition) is 2. The summed E-state index contributed by atoms with van der Waals surface area (Å²) in [6.07, 6.45) is 6.56. The first kappa shape index (κ1) is 18.9. The van der Waals surface area contributed by atoms with Gasteiger partial charge in [0.15, 0.2) is 17.6 Å². The van der Waals surface area contributed by atoms with Gasteiger partial charge in [0.25, 0.3) is 0 Å². The SMILES string of the molecule is CN=C(NCc1nnc2n1CCCCC2)NC1CCc2nc(COC)nn2C1. The highest BCUT2D eigenvalue weighted by molar-refractivity contribution is 5.79. The largest absolute Gasteiger partial charge is 0.377 e. The Hall–Kier alpha value is -2.49. The second-order valence-corrected chi connectivity index (χ2v) is 7.36. The van der Waals surface area contributed by atoms with Crippen molar-refractivity contribution >= 4 is 5.96 Å². The lowest BCUT2D eigenvalue weighted by Gasteiger charge is -2.25. The second-order valence-electron chi connectivity index (χ2n) is 7.36. The summed E-state index contributed by atoms with van der Waals surface area (Å²) in [5.74, 6) is 4.63. The molecule has 10 nitrogen and oxygen atoms in total. The summed E-state index contributed by atoms with van der Waals surface area (Å²) in [6.45, 7) is 2.84. The number of aryl methyl sites for hydroxylation is 2. The Bertz CT molecular complexity index is 825. The third-order valence-corrected chi connectivity index (χ3v) is 5.34. The van der Waals surface area contributed by atoms with Gasteiger partial charge in [-0.1, -0.05) is 6.42 Å². The standard InChI is InChI=1S/C18H29N9O/c1-19-18(20-10-17-24-23-16-6-4-3-5-9-26(16)17)21-13-7-8-15-22-14(12-28-2)25-27(15)11-13/h13H,3-12H2,1-2H3,(H2,19,20,21). The van der Waals surface area contributed by atoms with Crippen molar-refractivity contribution in [2.75, 3.05) is 14.2 Å². The Balaban J connectivity index is 1.33. The van der Waals surface area contributed by atoms with Crippen LogP contribution in [-0.2, 0) is 43.8 Å². The first-order chi connectivity index (χ1) is 13.8. The van der Waals surface area contributed by atoms with Gasteiger partial charge in [-0.25, -0.2) is 9.67 Å². The molecule has 0 saturated heterocycles. The van der Waals surface area contributed by atoms with Crippen molar-refractivity contribution < 1.29 is 4.74 Å². The monoisotopic (exact) mass is 387 g/mol. The van der Waals surface area contributed by atoms with E-state index < -0.39 is 0 Å². The molecule has 4 rings (SSSR count). The number of guanidine groups is 1. The molecule has 0 spiro atoms. The fourth-order valence-corrected chi connectivity index (χ4v) is 3.90. The number of aromatic nitrogens is 6. The van der Waals surface area contributed by atoms with Gasteiger partial charge in [0.1, 0.15) is 18.3 Å². The van der Waals surface area contributed by atoms with Gasteiger partial charge in [0, 0.05) is 39.6 Å². The molecule has 0 aliphatic carbocycles. The predicted molar refractivity (Wildman–Crippen MR) is 104 cm³/mol. The Morgan fingerprint density at radius 2 is 2.14 bits per heavy atom. The van der Waals surface area contributed by atoms with E-state index in [1.807, 2.05) is 4.68 Å². The van der Waals surface area contributed by atoms with Crippen LogP contribution in [-0.4, -0.2) is 55.7 Å². The lowest BCUT2D eigenvalue weighted by molar-refractivity contribution is 0.177. The maximum atomic E-state index is 5.13. The molecule has 28 heavy (non-hydrogen) atoms. The summed E-state index contributed by atoms with van der Waals surface area (Å²) in [4.78, 5) is 8.90. The maximum absolute atomic E-state index is 5.13. The molecule has 2 N–H and O–H groups in total. The molecule has 0 bridgehead atoms. The van der Waals surface area contributed by atoms with Crippen LogP contribution < -0.4 is 10.6 Å². The van der Waals surface area contributed by atoms with E-state index in [4.69, 9.17) is 4.74 Å². The van der Waals surface area contributed by atoms with E-state index >= 15 is 0 Å². The quantitative estimate of drug-likeness (QED) is 0.566. The van der Waals surface area contributed by atoms with Crippen LogP contribution in [0.25, 0.3) is 0 Å². The Labute approximate surface area is 164 Å². The number of nitrogens with one attached hydrogen (secondary N) is 2. The second kappa shape index (κ2) is 8.68. The van der Waals surface area contributed by atoms with Gasteiger partial charge in [0.05, 0.1) is 13.1 Å². The zero-order chi connectivity index (χ0) is 19.3. The molecule has 152 valence electrons. The molecular formula is C18H29N9O. The molecule has 0 saturated carbocycles. The van der Waals surface area contributed by atoms with Crippen LogP contribution in [0.3, 0.4) is 0 Å². The van der Waals surface area contributed by atoms with E-state index in [1.54, 1.807) is 14.2 Å². The molecular weight excluding hydrogens is 358 g/mol. The average Bonchev–Trinajstić information content (AvgIpc) is 3.20. The minimum Gasteiger partial charge on any atom is -0.377 e. The minimum atomic E-state index is 0.256. The third-order valence-electron chi connectivity index (χ3n) is 5.34. The van der Waals surface area contributed by atoms with Crippen LogP contribution in [0.4, 0.5) is 0 Å². The van der Waals surface area contributed by atoms with Crippen LogP contribution in [0.15, 0.2) is 4.99 Å². The van der Waals surface area contributed by atoms with Crippen LogP contribution in [0, 0.1) is 0 Å². The first-order valence-corrected chi connectivity index (χ1v) is 10.1. The highest BCUT2D eigenvalue weighted by atomic mass is 16.5. The molecule has 10 heteroatoms. The van der Waals surface area contributed by atoms with Crippen molar-refractivity contribution in [3.05, 3.63) is 23.3 Å². The van der Waals surface area contributed by atoms with Gasteiger partial charge < -0.3 is 19.9 Å². The summed E-state index contributed by atoms with van der Waals surface area (Å²) >= 11 is 0. The number of methoxy groups -OCH3 is 1. The fourth-order valence-electron chi connectivity index (χ4n) is 3.90. The Kier molecular flexibility index (Phi) is 5.84. The van der Waals surface area contributed by atoms with Crippen molar-refractivity contribution in [1.82, 2.24) is 40.2 Å². The average molecular weight is 387 g/mol. The molecule has 2 aromatic rings. The molecule has 1 unspecified atom stereocenters. The highest BCUT2D eigenvalue weighted by Gasteiger charge is 2.22. The van der Waals surface area contributed by atoms with E-state index in [0.717, 1.165) is 61.6 Å². The Morgan fingerprint density at radius 1 is 1.21 bits per heavy atom. The van der Waals surface area contributed by atoms with Crippen molar-refractivity contribution in [3.63, 3.8) is 0 Å². The number of rotatable bonds is 5. The van der Waals surface area contributed by atoms with Crippen molar-refractivity contribution in [2.24, 2.45) is 4.99 Å². The van der Waals surface area contributed by atoms with E-state index in [1.165, 1.54) is 19.3 Å². The number of nitrogens with zero attached hydrogens (tertiary/aromatic N) is 7. The summed E-state index contributed by atoms with van der Waals surface area (Å²) in [7, 11) is 3.45. The van der Waals surface area contributed by atoms with Crippen molar-refractivity contribution in [2.45, 2.75) is 70.8 Å². The van der Waals surface area contributed by atoms with Gasteiger partial charge >= 0.3 is 0 Å². The molecule has 2 aliphatic heterocycles. The molecule has 0 radical (unpaired) electrons. The van der Waals surface area contributed by atoms with Gasteiger partial charge in [-0.3, -0.25) is 4.99 Å². The number of fused-ring (bicyclic) bond motifs is 2. The van der Waals surface area contributed by atoms with Crippen LogP contribution in [0.5, 0.6) is 0 Å². The minimum absolute atomic E-state index is 0.256. The van der Waals surface area contributed by atoms with Crippen LogP contribution in [0.1, 0.15) is 49.0 Å². The predicted octanol–water partition coefficient (Wildman–Crippen LogP) is 0.422. The van der Waals surface area contributed by atoms with Crippen LogP contribution >= 0.6 is 0 Å². The van der Waals surface area contributed by atoms with E-state index in [0.29, 0.717) is 13.2 Å². The lowest BCUT2D eigenvalue weighted by atomic mass is 10.1. The van der Waals surface area contributed by atoms with Gasteiger partial charge in [-0.2, -0.15) is 5.10 Å². The summed E-state index contributed by atoms with van der Waals surface area (Å²) in [6, 6.07) is 0.256.